The van der Waals surface area contributed by atoms with Crippen LogP contribution in [0.5, 0.6) is 0 Å². The van der Waals surface area contributed by atoms with Gasteiger partial charge in [0.2, 0.25) is 0 Å². The molecular weight excluding hydrogens is 1780 g/mol. The van der Waals surface area contributed by atoms with Gasteiger partial charge in [-0.25, -0.2) is 0 Å². The van der Waals surface area contributed by atoms with Crippen LogP contribution < -0.4 is 0 Å². The summed E-state index contributed by atoms with van der Waals surface area (Å²) in [6.45, 7) is 85.8. The van der Waals surface area contributed by atoms with Crippen LogP contribution in [0.3, 0.4) is 0 Å². The van der Waals surface area contributed by atoms with Gasteiger partial charge in [-0.1, -0.05) is 152 Å². The molecule has 29 heteroatoms. The topological polar surface area (TPSA) is 328 Å². The molecule has 0 aliphatic rings. The molecule has 9 radical (unpaired) electrons. The molecule has 643 valence electrons. The molecule has 0 aromatic carbocycles. The Kier molecular flexibility index (Phi) is 122. The molecule has 0 spiro atoms. The van der Waals surface area contributed by atoms with E-state index >= 15 is 0 Å². The van der Waals surface area contributed by atoms with Crippen molar-refractivity contribution in [1.82, 2.24) is 0 Å². The maximum atomic E-state index is 10.5. The van der Waals surface area contributed by atoms with E-state index in [4.69, 9.17) is 31.5 Å². The summed E-state index contributed by atoms with van der Waals surface area (Å²) < 4.78 is 0. The van der Waals surface area contributed by atoms with Crippen molar-refractivity contribution in [2.24, 2.45) is 30.0 Å². The zero-order valence-corrected chi connectivity index (χ0v) is 80.4. The van der Waals surface area contributed by atoms with Crippen LogP contribution in [0.1, 0.15) is 185 Å². The summed E-state index contributed by atoms with van der Waals surface area (Å²) in [5, 5.41) is 106. The average molecular weight is 1930 g/mol. The number of aliphatic hydroxyl groups is 9. The molecule has 0 aromatic rings. The molecule has 6 atom stereocenters. The fourth-order valence-electron chi connectivity index (χ4n) is 7.20. The molecule has 0 aromatic heterocycles. The molecule has 6 unspecified atom stereocenters. The molecule has 0 saturated carbocycles. The molecular formula is C77H147Co9N9O9Si2. The summed E-state index contributed by atoms with van der Waals surface area (Å²) in [7, 11) is -3.18. The van der Waals surface area contributed by atoms with Gasteiger partial charge >= 0.3 is 0 Å². The SMILES string of the molecule is C=CC(=N)C(C)(C)O.C=CC(=N)C(C)(O)CC.C=CC(=N)C(O)(CC)CC.C=CC(=NC(C)C)C(C)O.C=CC(=NC(C)C)C(O)C=C.C=CC(=NC(C)C)C(O)CC.C=CC(=NC(C)C)C(O)[Si](C)(C)C.C=CC(=NC(C)C)C(O)[Si](CC)(CC)CC.C=CC(CO)=NC(C)C.[Co].[Co].[Co].[Co].[Co].[Co].[Co].[Co].[Co]. The monoisotopic (exact) mass is 1930 g/mol. The van der Waals surface area contributed by atoms with Crippen molar-refractivity contribution >= 4 is 67.6 Å². The number of hydrogen-bond acceptors (Lipinski definition) is 18. The largest absolute Gasteiger partial charge is 0.390 e. The molecule has 12 N–H and O–H groups in total. The van der Waals surface area contributed by atoms with Gasteiger partial charge in [-0.2, -0.15) is 0 Å². The fourth-order valence-corrected chi connectivity index (χ4v) is 11.8. The van der Waals surface area contributed by atoms with Crippen LogP contribution in [-0.2, 0) is 151 Å². The Bertz CT molecular complexity index is 2480. The van der Waals surface area contributed by atoms with E-state index in [0.717, 1.165) is 29.6 Å². The fraction of sp³-hybridized carbons (Fsp3) is 0.623. The minimum atomic E-state index is -1.62. The van der Waals surface area contributed by atoms with E-state index in [0.29, 0.717) is 48.5 Å². The Morgan fingerprint density at radius 3 is 0.821 bits per heavy atom. The molecule has 0 bridgehead atoms. The summed E-state index contributed by atoms with van der Waals surface area (Å²) in [5.74, 6) is 0. The van der Waals surface area contributed by atoms with Crippen LogP contribution in [-0.4, -0.2) is 203 Å². The van der Waals surface area contributed by atoms with Crippen LogP contribution in [0.4, 0.5) is 0 Å². The summed E-state index contributed by atoms with van der Waals surface area (Å²) >= 11 is 0. The summed E-state index contributed by atoms with van der Waals surface area (Å²) in [6, 6.07) is 4.62. The third-order valence-corrected chi connectivity index (χ3v) is 21.5. The smallest absolute Gasteiger partial charge is 0.113 e. The minimum absolute atomic E-state index is 0. The van der Waals surface area contributed by atoms with Crippen LogP contribution in [0.25, 0.3) is 0 Å². The second kappa shape index (κ2) is 86.5. The second-order valence-corrected chi connectivity index (χ2v) is 36.7. The molecule has 0 heterocycles. The van der Waals surface area contributed by atoms with E-state index in [9.17, 15) is 30.6 Å². The Labute approximate surface area is 742 Å². The first-order chi connectivity index (χ1) is 44.4. The quantitative estimate of drug-likeness (QED) is 0.0165. The van der Waals surface area contributed by atoms with Crippen molar-refractivity contribution < 1.29 is 197 Å². The van der Waals surface area contributed by atoms with Crippen molar-refractivity contribution in [3.8, 4) is 0 Å². The van der Waals surface area contributed by atoms with Gasteiger partial charge in [-0.05, 0) is 191 Å². The zero-order valence-electron chi connectivity index (χ0n) is 69.1. The molecule has 0 aliphatic carbocycles. The van der Waals surface area contributed by atoms with Gasteiger partial charge in [0.05, 0.1) is 97.8 Å². The predicted octanol–water partition coefficient (Wildman–Crippen LogP) is 15.5. The molecule has 106 heavy (non-hydrogen) atoms. The van der Waals surface area contributed by atoms with Crippen molar-refractivity contribution in [3.63, 3.8) is 0 Å². The van der Waals surface area contributed by atoms with E-state index in [2.05, 4.69) is 136 Å². The number of aliphatic hydroxyl groups excluding tert-OH is 6. The summed E-state index contributed by atoms with van der Waals surface area (Å²) in [4.78, 5) is 25.4. The maximum Gasteiger partial charge on any atom is 0.113 e. The van der Waals surface area contributed by atoms with Crippen LogP contribution in [0.2, 0.25) is 37.8 Å². The van der Waals surface area contributed by atoms with Crippen molar-refractivity contribution in [1.29, 1.82) is 16.2 Å². The number of nitrogens with zero attached hydrogens (tertiary/aromatic N) is 6. The minimum Gasteiger partial charge on any atom is -0.390 e. The third kappa shape index (κ3) is 81.1. The van der Waals surface area contributed by atoms with Gasteiger partial charge in [0.1, 0.15) is 22.9 Å². The van der Waals surface area contributed by atoms with Gasteiger partial charge in [0.25, 0.3) is 0 Å². The summed E-state index contributed by atoms with van der Waals surface area (Å²) in [6.07, 6.45) is 16.0. The first-order valence-corrected chi connectivity index (χ1v) is 40.3. The van der Waals surface area contributed by atoms with E-state index in [1.165, 1.54) is 24.3 Å². The second-order valence-electron chi connectivity index (χ2n) is 26.0. The standard InChI is InChI=1S/C13H27NOSi.C10H21NOSi.C9H17NO.C9H15NO.2C8H15NO.2C7H13NO.C6H11NO.9Co/c1-7-12(14-11(5)6)13(15)16(8-2,9-3)10-4;1-7-9(11-8(2)3)10(12)13(4,5)6;2*1-5-8(9(11)6-2)10-7(3)4;1-5-8(7(4)10)9-6(2)3;1-4-7(9)8(10,5-2)6-3;1-4-7(5-9)8-6(2)3;1-4-6(8)7(3,9)5-2;1-4-5(7)6(2,3)8;;;;;;;;;/h7,11,13,15H,1,8-10H2,2-6H3;7-8,10,12H,1H2,2-6H3;5,7,9,11H,1,6H2,2-4H3;5-7,9,11H,1-2H2,3-4H3;5-7,10H,1H2,2-4H3;4,9-10H,1,5-6H2,2-3H3;4,6,9H,1,5H2,2-3H3;4,8-9H,1,5H2,2-3H3;4,7-8H,1H2,2-3H3;;;;;;;;;. The first kappa shape index (κ1) is 150. The Hall–Kier alpha value is -0.938. The van der Waals surface area contributed by atoms with Gasteiger partial charge in [0.15, 0.2) is 0 Å². The molecule has 0 amide bonds. The van der Waals surface area contributed by atoms with E-state index in [1.807, 2.05) is 111 Å². The first-order valence-electron chi connectivity index (χ1n) is 34.0. The maximum absolute atomic E-state index is 10.5. The average Bonchev–Trinajstić information content (AvgIpc) is 0.832. The van der Waals surface area contributed by atoms with Gasteiger partial charge in [-0.3, -0.25) is 30.0 Å². The van der Waals surface area contributed by atoms with E-state index in [1.54, 1.807) is 64.2 Å². The molecule has 0 saturated heterocycles. The van der Waals surface area contributed by atoms with Gasteiger partial charge in [-0.15, -0.1) is 6.58 Å². The van der Waals surface area contributed by atoms with Crippen LogP contribution in [0.15, 0.2) is 157 Å². The predicted molar refractivity (Wildman–Crippen MR) is 437 cm³/mol. The Morgan fingerprint density at radius 2 is 0.670 bits per heavy atom. The number of aliphatic imine (C=N–C) groups is 6. The van der Waals surface area contributed by atoms with Gasteiger partial charge < -0.3 is 62.2 Å². The number of rotatable bonds is 34. The van der Waals surface area contributed by atoms with Gasteiger partial charge in [0, 0.05) is 187 Å². The summed E-state index contributed by atoms with van der Waals surface area (Å²) in [5.41, 5.74) is 0.990. The van der Waals surface area contributed by atoms with Crippen LogP contribution in [0, 0.1) is 16.2 Å². The van der Waals surface area contributed by atoms with Crippen molar-refractivity contribution in [2.75, 3.05) is 6.61 Å². The Morgan fingerprint density at radius 1 is 0.387 bits per heavy atom. The van der Waals surface area contributed by atoms with Crippen molar-refractivity contribution in [2.45, 2.75) is 306 Å². The van der Waals surface area contributed by atoms with Crippen LogP contribution >= 0.6 is 0 Å². The molecule has 0 aliphatic heterocycles. The van der Waals surface area contributed by atoms with E-state index < -0.39 is 57.0 Å². The Balaban J connectivity index is -0.0000000512. The normalized spacial score (nSPS) is 13.1. The number of nitrogens with one attached hydrogen (secondary N) is 3. The number of hydrogen-bond donors (Lipinski definition) is 12. The zero-order chi connectivity index (χ0) is 79.0. The van der Waals surface area contributed by atoms with Crippen molar-refractivity contribution in [3.05, 3.63) is 127 Å². The molecule has 18 nitrogen and oxygen atoms in total. The third-order valence-electron chi connectivity index (χ3n) is 13.9. The van der Waals surface area contributed by atoms with E-state index in [-0.39, 0.29) is 217 Å². The molecule has 0 rings (SSSR count). The molecule has 0 fully saturated rings.